The van der Waals surface area contributed by atoms with E-state index in [1.54, 1.807) is 0 Å². The Balaban J connectivity index is 1.97. The Bertz CT molecular complexity index is 635. The van der Waals surface area contributed by atoms with Gasteiger partial charge in [-0.2, -0.15) is 0 Å². The third kappa shape index (κ3) is 4.09. The van der Waals surface area contributed by atoms with Crippen LogP contribution in [0.5, 0.6) is 5.75 Å². The molecule has 0 aromatic heterocycles. The molecule has 0 unspecified atom stereocenters. The molecule has 3 heteroatoms. The summed E-state index contributed by atoms with van der Waals surface area (Å²) in [5.41, 5.74) is 4.11. The molecule has 0 saturated carbocycles. The van der Waals surface area contributed by atoms with E-state index in [1.807, 2.05) is 56.3 Å². The Morgan fingerprint density at radius 3 is 2.67 bits per heavy atom. The summed E-state index contributed by atoms with van der Waals surface area (Å²) in [6.45, 7) is 6.06. The fourth-order valence-electron chi connectivity index (χ4n) is 2.14. The van der Waals surface area contributed by atoms with Gasteiger partial charge in [0.1, 0.15) is 5.75 Å². The van der Waals surface area contributed by atoms with Crippen LogP contribution in [0.15, 0.2) is 42.5 Å². The van der Waals surface area contributed by atoms with Crippen LogP contribution in [0.4, 0.5) is 5.69 Å². The summed E-state index contributed by atoms with van der Waals surface area (Å²) in [6.07, 6.45) is 0.884. The van der Waals surface area contributed by atoms with Crippen molar-refractivity contribution in [1.82, 2.24) is 0 Å². The number of carbonyl (C=O) groups excluding carboxylic acids is 1. The Morgan fingerprint density at radius 2 is 1.90 bits per heavy atom. The number of nitrogens with one attached hydrogen (secondary N) is 1. The van der Waals surface area contributed by atoms with Gasteiger partial charge >= 0.3 is 0 Å². The predicted octanol–water partition coefficient (Wildman–Crippen LogP) is 3.88. The van der Waals surface area contributed by atoms with E-state index in [9.17, 15) is 4.79 Å². The second-order valence-corrected chi connectivity index (χ2v) is 5.12. The number of anilines is 1. The average molecular weight is 283 g/mol. The van der Waals surface area contributed by atoms with Gasteiger partial charge in [0.25, 0.3) is 5.91 Å². The van der Waals surface area contributed by atoms with Gasteiger partial charge in [-0.25, -0.2) is 0 Å². The third-order valence-corrected chi connectivity index (χ3v) is 3.38. The van der Waals surface area contributed by atoms with Crippen molar-refractivity contribution in [3.8, 4) is 5.75 Å². The van der Waals surface area contributed by atoms with E-state index in [4.69, 9.17) is 4.74 Å². The van der Waals surface area contributed by atoms with Crippen LogP contribution in [0.25, 0.3) is 0 Å². The van der Waals surface area contributed by atoms with Gasteiger partial charge in [-0.3, -0.25) is 4.79 Å². The van der Waals surface area contributed by atoms with Crippen molar-refractivity contribution in [2.75, 3.05) is 11.9 Å². The van der Waals surface area contributed by atoms with Crippen LogP contribution in [0, 0.1) is 13.8 Å². The van der Waals surface area contributed by atoms with Crippen LogP contribution >= 0.6 is 0 Å². The molecule has 1 N–H and O–H groups in total. The molecule has 2 aromatic rings. The predicted molar refractivity (Wildman–Crippen MR) is 85.9 cm³/mol. The Labute approximate surface area is 126 Å². The first kappa shape index (κ1) is 15.1. The lowest BCUT2D eigenvalue weighted by molar-refractivity contribution is -0.118. The van der Waals surface area contributed by atoms with Crippen molar-refractivity contribution in [2.24, 2.45) is 0 Å². The molecule has 110 valence electrons. The molecule has 21 heavy (non-hydrogen) atoms. The molecule has 1 amide bonds. The zero-order valence-electron chi connectivity index (χ0n) is 12.8. The molecule has 0 aliphatic rings. The Kier molecular flexibility index (Phi) is 4.99. The lowest BCUT2D eigenvalue weighted by Crippen LogP contribution is -2.21. The standard InChI is InChI=1S/C18H21NO2/c1-4-15-7-5-6-8-17(15)21-12-18(20)19-16-11-13(2)9-10-14(16)3/h5-11H,4,12H2,1-3H3,(H,19,20). The average Bonchev–Trinajstić information content (AvgIpc) is 2.49. The molecule has 0 aliphatic carbocycles. The normalized spacial score (nSPS) is 10.2. The highest BCUT2D eigenvalue weighted by atomic mass is 16.5. The third-order valence-electron chi connectivity index (χ3n) is 3.38. The summed E-state index contributed by atoms with van der Waals surface area (Å²) >= 11 is 0. The maximum absolute atomic E-state index is 12.0. The van der Waals surface area contributed by atoms with Crippen LogP contribution in [0.1, 0.15) is 23.6 Å². The topological polar surface area (TPSA) is 38.3 Å². The highest BCUT2D eigenvalue weighted by Crippen LogP contribution is 2.19. The summed E-state index contributed by atoms with van der Waals surface area (Å²) < 4.78 is 5.62. The number of aryl methyl sites for hydroxylation is 3. The van der Waals surface area contributed by atoms with E-state index in [0.29, 0.717) is 0 Å². The molecule has 0 saturated heterocycles. The van der Waals surface area contributed by atoms with Gasteiger partial charge in [-0.05, 0) is 49.1 Å². The van der Waals surface area contributed by atoms with E-state index >= 15 is 0 Å². The molecular weight excluding hydrogens is 262 g/mol. The minimum absolute atomic E-state index is 0.0182. The SMILES string of the molecule is CCc1ccccc1OCC(=O)Nc1cc(C)ccc1C. The van der Waals surface area contributed by atoms with Gasteiger partial charge in [-0.15, -0.1) is 0 Å². The van der Waals surface area contributed by atoms with Gasteiger partial charge in [-0.1, -0.05) is 37.3 Å². The summed E-state index contributed by atoms with van der Waals surface area (Å²) in [4.78, 5) is 12.0. The van der Waals surface area contributed by atoms with Crippen LogP contribution in [-0.4, -0.2) is 12.5 Å². The molecule has 0 radical (unpaired) electrons. The number of benzene rings is 2. The summed E-state index contributed by atoms with van der Waals surface area (Å²) in [5.74, 6) is 0.630. The van der Waals surface area contributed by atoms with E-state index < -0.39 is 0 Å². The van der Waals surface area contributed by atoms with Crippen molar-refractivity contribution in [3.63, 3.8) is 0 Å². The number of rotatable bonds is 5. The molecule has 0 bridgehead atoms. The fraction of sp³-hybridized carbons (Fsp3) is 0.278. The lowest BCUT2D eigenvalue weighted by atomic mass is 10.1. The number of hydrogen-bond acceptors (Lipinski definition) is 2. The van der Waals surface area contributed by atoms with Crippen molar-refractivity contribution in [1.29, 1.82) is 0 Å². The molecule has 3 nitrogen and oxygen atoms in total. The number of hydrogen-bond donors (Lipinski definition) is 1. The minimum atomic E-state index is -0.144. The Morgan fingerprint density at radius 1 is 1.14 bits per heavy atom. The van der Waals surface area contributed by atoms with Gasteiger partial charge in [0.2, 0.25) is 0 Å². The second kappa shape index (κ2) is 6.93. The number of amides is 1. The summed E-state index contributed by atoms with van der Waals surface area (Å²) in [6, 6.07) is 13.8. The molecule has 0 atom stereocenters. The molecule has 0 heterocycles. The molecular formula is C18H21NO2. The first-order valence-corrected chi connectivity index (χ1v) is 7.18. The van der Waals surface area contributed by atoms with Crippen LogP contribution in [-0.2, 0) is 11.2 Å². The number of ether oxygens (including phenoxy) is 1. The molecule has 2 aromatic carbocycles. The number of para-hydroxylation sites is 1. The largest absolute Gasteiger partial charge is 0.483 e. The quantitative estimate of drug-likeness (QED) is 0.904. The first-order valence-electron chi connectivity index (χ1n) is 7.18. The Hall–Kier alpha value is -2.29. The van der Waals surface area contributed by atoms with Crippen LogP contribution in [0.3, 0.4) is 0 Å². The monoisotopic (exact) mass is 283 g/mol. The molecule has 2 rings (SSSR count). The van der Waals surface area contributed by atoms with Gasteiger partial charge in [0.15, 0.2) is 6.61 Å². The summed E-state index contributed by atoms with van der Waals surface area (Å²) in [5, 5.41) is 2.89. The number of carbonyl (C=O) groups is 1. The minimum Gasteiger partial charge on any atom is -0.483 e. The van der Waals surface area contributed by atoms with E-state index in [-0.39, 0.29) is 12.5 Å². The van der Waals surface area contributed by atoms with Crippen molar-refractivity contribution in [3.05, 3.63) is 59.2 Å². The molecule has 0 fully saturated rings. The molecule has 0 aliphatic heterocycles. The summed E-state index contributed by atoms with van der Waals surface area (Å²) in [7, 11) is 0. The van der Waals surface area contributed by atoms with E-state index in [1.165, 1.54) is 0 Å². The lowest BCUT2D eigenvalue weighted by Gasteiger charge is -2.12. The first-order chi connectivity index (χ1) is 10.1. The fourth-order valence-corrected chi connectivity index (χ4v) is 2.14. The second-order valence-electron chi connectivity index (χ2n) is 5.12. The van der Waals surface area contributed by atoms with Crippen molar-refractivity contribution >= 4 is 11.6 Å². The van der Waals surface area contributed by atoms with E-state index in [0.717, 1.165) is 34.5 Å². The van der Waals surface area contributed by atoms with Crippen LogP contribution in [0.2, 0.25) is 0 Å². The van der Waals surface area contributed by atoms with Crippen LogP contribution < -0.4 is 10.1 Å². The highest BCUT2D eigenvalue weighted by molar-refractivity contribution is 5.92. The zero-order valence-corrected chi connectivity index (χ0v) is 12.8. The molecule has 0 spiro atoms. The maximum Gasteiger partial charge on any atom is 0.262 e. The van der Waals surface area contributed by atoms with Gasteiger partial charge in [0, 0.05) is 5.69 Å². The van der Waals surface area contributed by atoms with Crippen molar-refractivity contribution < 1.29 is 9.53 Å². The van der Waals surface area contributed by atoms with Crippen molar-refractivity contribution in [2.45, 2.75) is 27.2 Å². The smallest absolute Gasteiger partial charge is 0.262 e. The maximum atomic E-state index is 12.0. The van der Waals surface area contributed by atoms with Gasteiger partial charge < -0.3 is 10.1 Å². The zero-order chi connectivity index (χ0) is 15.2. The highest BCUT2D eigenvalue weighted by Gasteiger charge is 2.07. The van der Waals surface area contributed by atoms with Gasteiger partial charge in [0.05, 0.1) is 0 Å². The van der Waals surface area contributed by atoms with E-state index in [2.05, 4.69) is 12.2 Å².